The summed E-state index contributed by atoms with van der Waals surface area (Å²) in [6.45, 7) is 1.41. The lowest BCUT2D eigenvalue weighted by Crippen LogP contribution is -2.34. The molecule has 0 saturated heterocycles. The Hall–Kier alpha value is -1.84. The number of nitrogens with zero attached hydrogens (tertiary/aromatic N) is 1. The Morgan fingerprint density at radius 3 is 2.67 bits per heavy atom. The fourth-order valence-corrected chi connectivity index (χ4v) is 1.67. The van der Waals surface area contributed by atoms with Crippen LogP contribution in [0.15, 0.2) is 24.3 Å². The number of allylic oxidation sites excluding steroid dienone is 3. The lowest BCUT2D eigenvalue weighted by Gasteiger charge is -2.10. The van der Waals surface area contributed by atoms with Crippen molar-refractivity contribution in [2.75, 3.05) is 0 Å². The van der Waals surface area contributed by atoms with Crippen molar-refractivity contribution < 1.29 is 18.3 Å². The summed E-state index contributed by atoms with van der Waals surface area (Å²) < 4.78 is 38.1. The maximum absolute atomic E-state index is 12.7. The van der Waals surface area contributed by atoms with Crippen LogP contribution in [0.4, 0.5) is 13.2 Å². The van der Waals surface area contributed by atoms with E-state index in [9.17, 15) is 18.3 Å². The lowest BCUT2D eigenvalue weighted by molar-refractivity contribution is -0.141. The molecule has 0 radical (unpaired) electrons. The highest BCUT2D eigenvalue weighted by Gasteiger charge is 2.33. The molecule has 5 heteroatoms. The number of aromatic nitrogens is 1. The Morgan fingerprint density at radius 2 is 2.06 bits per heavy atom. The highest BCUT2D eigenvalue weighted by Crippen LogP contribution is 2.27. The zero-order chi connectivity index (χ0) is 13.3. The van der Waals surface area contributed by atoms with Gasteiger partial charge in [-0.25, -0.2) is 4.98 Å². The largest absolute Gasteiger partial charge is 0.433 e. The maximum Gasteiger partial charge on any atom is 0.433 e. The number of hydrogen-bond donors (Lipinski definition) is 1. The molecule has 1 aromatic rings. The van der Waals surface area contributed by atoms with E-state index in [0.717, 1.165) is 6.07 Å². The van der Waals surface area contributed by atoms with E-state index >= 15 is 0 Å². The first-order valence-electron chi connectivity index (χ1n) is 5.29. The fourth-order valence-electron chi connectivity index (χ4n) is 1.67. The van der Waals surface area contributed by atoms with Crippen LogP contribution in [0.5, 0.6) is 0 Å². The van der Waals surface area contributed by atoms with Gasteiger partial charge in [0.25, 0.3) is 0 Å². The molecule has 0 spiro atoms. The number of fused-ring (bicyclic) bond motifs is 1. The normalized spacial score (nSPS) is 15.4. The molecule has 1 N–H and O–H groups in total. The van der Waals surface area contributed by atoms with E-state index in [0.29, 0.717) is 5.22 Å². The van der Waals surface area contributed by atoms with Crippen molar-refractivity contribution in [3.8, 4) is 0 Å². The average Bonchev–Trinajstić information content (AvgIpc) is 2.50. The van der Waals surface area contributed by atoms with Crippen molar-refractivity contribution in [3.63, 3.8) is 0 Å². The lowest BCUT2D eigenvalue weighted by atomic mass is 10.1. The summed E-state index contributed by atoms with van der Waals surface area (Å²) in [7, 11) is 0. The monoisotopic (exact) mass is 253 g/mol. The van der Waals surface area contributed by atoms with E-state index in [2.05, 4.69) is 10.7 Å². The molecule has 2 nitrogen and oxygen atoms in total. The molecule has 1 heterocycles. The molecule has 0 saturated carbocycles. The SMILES string of the molecule is CC(O)c1cc(C(F)(F)F)nc2c1=C=CC=CC=2. The number of halogens is 3. The third-order valence-corrected chi connectivity index (χ3v) is 2.51. The summed E-state index contributed by atoms with van der Waals surface area (Å²) in [6, 6.07) is 0.865. The number of alkyl halides is 3. The second-order valence-electron chi connectivity index (χ2n) is 3.89. The Labute approximate surface area is 101 Å². The van der Waals surface area contributed by atoms with Crippen molar-refractivity contribution in [1.29, 1.82) is 0 Å². The first-order chi connectivity index (χ1) is 8.39. The van der Waals surface area contributed by atoms with E-state index in [1.165, 1.54) is 13.0 Å². The number of rotatable bonds is 1. The topological polar surface area (TPSA) is 33.1 Å². The minimum absolute atomic E-state index is 0.158. The van der Waals surface area contributed by atoms with Crippen LogP contribution in [0.1, 0.15) is 24.3 Å². The molecule has 94 valence electrons. The molecular formula is C13H10F3NO. The van der Waals surface area contributed by atoms with Gasteiger partial charge in [0, 0.05) is 5.22 Å². The number of aliphatic hydroxyl groups is 1. The van der Waals surface area contributed by atoms with Gasteiger partial charge in [0.15, 0.2) is 0 Å². The van der Waals surface area contributed by atoms with Crippen LogP contribution in [0.3, 0.4) is 0 Å². The van der Waals surface area contributed by atoms with Crippen LogP contribution in [0, 0.1) is 0 Å². The van der Waals surface area contributed by atoms with E-state index in [1.807, 2.05) is 0 Å². The summed E-state index contributed by atoms with van der Waals surface area (Å²) in [5.41, 5.74) is 1.98. The second-order valence-corrected chi connectivity index (χ2v) is 3.89. The van der Waals surface area contributed by atoms with Crippen LogP contribution < -0.4 is 10.6 Å². The van der Waals surface area contributed by atoms with Gasteiger partial charge in [-0.2, -0.15) is 13.2 Å². The number of aliphatic hydroxyl groups excluding tert-OH is 1. The summed E-state index contributed by atoms with van der Waals surface area (Å²) in [5.74, 6) is 0. The Balaban J connectivity index is 2.87. The van der Waals surface area contributed by atoms with Crippen LogP contribution in [0.25, 0.3) is 11.8 Å². The average molecular weight is 253 g/mol. The van der Waals surface area contributed by atoms with Gasteiger partial charge in [-0.05, 0) is 30.7 Å². The summed E-state index contributed by atoms with van der Waals surface area (Å²) in [6.07, 6.45) is 0.705. The van der Waals surface area contributed by atoms with Gasteiger partial charge in [-0.3, -0.25) is 0 Å². The number of pyridine rings is 1. The van der Waals surface area contributed by atoms with Gasteiger partial charge < -0.3 is 5.11 Å². The molecule has 1 aliphatic carbocycles. The third-order valence-electron chi connectivity index (χ3n) is 2.51. The van der Waals surface area contributed by atoms with Gasteiger partial charge in [0.2, 0.25) is 0 Å². The molecule has 0 amide bonds. The van der Waals surface area contributed by atoms with Crippen molar-refractivity contribution >= 4 is 11.8 Å². The van der Waals surface area contributed by atoms with E-state index in [4.69, 9.17) is 0 Å². The molecule has 1 unspecified atom stereocenters. The van der Waals surface area contributed by atoms with Gasteiger partial charge in [0.1, 0.15) is 5.69 Å². The minimum Gasteiger partial charge on any atom is -0.389 e. The summed E-state index contributed by atoms with van der Waals surface area (Å²) in [4.78, 5) is 3.56. The van der Waals surface area contributed by atoms with Crippen molar-refractivity contribution in [3.05, 3.63) is 46.1 Å². The highest BCUT2D eigenvalue weighted by molar-refractivity contribution is 5.45. The Morgan fingerprint density at radius 1 is 1.33 bits per heavy atom. The first-order valence-corrected chi connectivity index (χ1v) is 5.29. The van der Waals surface area contributed by atoms with Crippen molar-refractivity contribution in [2.24, 2.45) is 0 Å². The molecule has 1 aliphatic rings. The third kappa shape index (κ3) is 2.37. The standard InChI is InChI=1S/C13H10F3NO/c1-8(18)10-7-12(13(14,15)16)17-11-6-4-2-3-5-9(10)11/h2-4,6-8,18H,1H3. The second kappa shape index (κ2) is 4.44. The fraction of sp³-hybridized carbons (Fsp3) is 0.231. The molecule has 0 aromatic carbocycles. The first kappa shape index (κ1) is 12.6. The van der Waals surface area contributed by atoms with Crippen molar-refractivity contribution in [2.45, 2.75) is 19.2 Å². The molecule has 0 fully saturated rings. The zero-order valence-corrected chi connectivity index (χ0v) is 9.49. The molecule has 1 aromatic heterocycles. The van der Waals surface area contributed by atoms with Gasteiger partial charge in [-0.15, -0.1) is 5.73 Å². The Kier molecular flexibility index (Phi) is 3.11. The van der Waals surface area contributed by atoms with E-state index < -0.39 is 18.0 Å². The summed E-state index contributed by atoms with van der Waals surface area (Å²) in [5, 5.41) is 10.1. The number of hydrogen-bond acceptors (Lipinski definition) is 2. The maximum atomic E-state index is 12.7. The van der Waals surface area contributed by atoms with Crippen molar-refractivity contribution in [1.82, 2.24) is 4.98 Å². The molecule has 2 rings (SSSR count). The molecule has 0 aliphatic heterocycles. The van der Waals surface area contributed by atoms with Crippen LogP contribution in [0.2, 0.25) is 0 Å². The molecule has 18 heavy (non-hydrogen) atoms. The smallest absolute Gasteiger partial charge is 0.389 e. The van der Waals surface area contributed by atoms with Crippen LogP contribution >= 0.6 is 0 Å². The predicted molar refractivity (Wildman–Crippen MR) is 60.7 cm³/mol. The van der Waals surface area contributed by atoms with Crippen LogP contribution in [-0.2, 0) is 6.18 Å². The molecule has 0 bridgehead atoms. The minimum atomic E-state index is -4.54. The van der Waals surface area contributed by atoms with Gasteiger partial charge in [0.05, 0.1) is 11.5 Å². The predicted octanol–water partition coefficient (Wildman–Crippen LogP) is 1.44. The Bertz CT molecular complexity index is 650. The molecular weight excluding hydrogens is 243 g/mol. The zero-order valence-electron chi connectivity index (χ0n) is 9.49. The van der Waals surface area contributed by atoms with E-state index in [-0.39, 0.29) is 10.9 Å². The molecule has 1 atom stereocenters. The summed E-state index contributed by atoms with van der Waals surface area (Å²) >= 11 is 0. The van der Waals surface area contributed by atoms with E-state index in [1.54, 1.807) is 18.2 Å². The van der Waals surface area contributed by atoms with Crippen LogP contribution in [-0.4, -0.2) is 10.1 Å². The quantitative estimate of drug-likeness (QED) is 0.821. The van der Waals surface area contributed by atoms with Gasteiger partial charge >= 0.3 is 6.18 Å². The van der Waals surface area contributed by atoms with Gasteiger partial charge in [-0.1, -0.05) is 12.2 Å². The highest BCUT2D eigenvalue weighted by atomic mass is 19.4.